The Bertz CT molecular complexity index is 1640. The lowest BCUT2D eigenvalue weighted by molar-refractivity contribution is 0.186. The van der Waals surface area contributed by atoms with Gasteiger partial charge in [0.1, 0.15) is 18.1 Å². The molecule has 10 nitrogen and oxygen atoms in total. The van der Waals surface area contributed by atoms with Gasteiger partial charge in [-0.3, -0.25) is 0 Å². The van der Waals surface area contributed by atoms with Crippen LogP contribution in [0.15, 0.2) is 60.1 Å². The Labute approximate surface area is 240 Å². The summed E-state index contributed by atoms with van der Waals surface area (Å²) in [4.78, 5) is 23.5. The summed E-state index contributed by atoms with van der Waals surface area (Å²) >= 11 is 0. The minimum absolute atomic E-state index is 0.292. The summed E-state index contributed by atoms with van der Waals surface area (Å²) in [7, 11) is 4.10. The first-order valence-corrected chi connectivity index (χ1v) is 14.0. The third kappa shape index (κ3) is 5.47. The van der Waals surface area contributed by atoms with Gasteiger partial charge in [-0.1, -0.05) is 13.0 Å². The van der Waals surface area contributed by atoms with Crippen LogP contribution >= 0.6 is 0 Å². The summed E-state index contributed by atoms with van der Waals surface area (Å²) in [6, 6.07) is 10.2. The predicted molar refractivity (Wildman–Crippen MR) is 162 cm³/mol. The molecule has 5 heterocycles. The normalized spacial score (nSPS) is 17.4. The van der Waals surface area contributed by atoms with Crippen molar-refractivity contribution in [2.45, 2.75) is 33.2 Å². The Kier molecular flexibility index (Phi) is 7.32. The van der Waals surface area contributed by atoms with E-state index in [0.717, 1.165) is 76.9 Å². The van der Waals surface area contributed by atoms with E-state index in [1.807, 2.05) is 55.1 Å². The fourth-order valence-electron chi connectivity index (χ4n) is 5.29. The van der Waals surface area contributed by atoms with Crippen LogP contribution in [-0.4, -0.2) is 69.6 Å². The van der Waals surface area contributed by atoms with Gasteiger partial charge in [0.05, 0.1) is 29.6 Å². The Balaban J connectivity index is 1.28. The number of anilines is 2. The summed E-state index contributed by atoms with van der Waals surface area (Å²) in [5, 5.41) is 3.52. The molecule has 0 aliphatic carbocycles. The third-order valence-corrected chi connectivity index (χ3v) is 7.56. The van der Waals surface area contributed by atoms with Gasteiger partial charge in [0, 0.05) is 44.6 Å². The SMILES string of the molecule is CC/C=C/N=C(Nc1ccc(Oc2cc3ncn(C)c3cn2)c(C)c1)c1nc2c(cc1C)OCC1CN(C)CCN21. The topological polar surface area (TPSA) is 92.9 Å². The standard InChI is InChI=1S/C31H36N8O2/c1-6-7-10-32-30(29-21(3)14-27-31(36-29)39-12-11-37(4)17-23(39)18-40-27)35-22-8-9-26(20(2)13-22)41-28-15-24-25(16-33-28)38(5)19-34-24/h7-10,13-16,19,23H,6,11-12,17-18H2,1-5H3,(H,32,35)/b10-7+. The number of fused-ring (bicyclic) bond motifs is 4. The Morgan fingerprint density at radius 3 is 2.85 bits per heavy atom. The zero-order valence-corrected chi connectivity index (χ0v) is 24.3. The number of aryl methyl sites for hydroxylation is 3. The maximum absolute atomic E-state index is 6.15. The van der Waals surface area contributed by atoms with Crippen LogP contribution in [0.5, 0.6) is 17.4 Å². The second-order valence-corrected chi connectivity index (χ2v) is 10.7. The molecule has 2 aliphatic rings. The number of aliphatic imine (C=N–C) groups is 1. The summed E-state index contributed by atoms with van der Waals surface area (Å²) in [5.74, 6) is 3.64. The summed E-state index contributed by atoms with van der Waals surface area (Å²) in [5.41, 5.74) is 5.46. The number of likely N-dealkylation sites (N-methyl/N-ethyl adjacent to an activating group) is 1. The Morgan fingerprint density at radius 1 is 1.15 bits per heavy atom. The smallest absolute Gasteiger partial charge is 0.221 e. The van der Waals surface area contributed by atoms with Crippen molar-refractivity contribution < 1.29 is 9.47 Å². The highest BCUT2D eigenvalue weighted by Crippen LogP contribution is 2.35. The molecule has 0 spiro atoms. The Morgan fingerprint density at radius 2 is 2.02 bits per heavy atom. The van der Waals surface area contributed by atoms with Crippen molar-refractivity contribution in [2.24, 2.45) is 12.0 Å². The van der Waals surface area contributed by atoms with Gasteiger partial charge >= 0.3 is 0 Å². The molecule has 0 saturated carbocycles. The first kappa shape index (κ1) is 26.8. The molecule has 4 aromatic rings. The first-order valence-electron chi connectivity index (χ1n) is 14.0. The highest BCUT2D eigenvalue weighted by molar-refractivity contribution is 6.08. The number of nitrogens with zero attached hydrogens (tertiary/aromatic N) is 7. The lowest BCUT2D eigenvalue weighted by Gasteiger charge is -2.44. The largest absolute Gasteiger partial charge is 0.487 e. The van der Waals surface area contributed by atoms with Gasteiger partial charge in [-0.15, -0.1) is 0 Å². The lowest BCUT2D eigenvalue weighted by Crippen LogP contribution is -2.56. The number of nitrogens with one attached hydrogen (secondary N) is 1. The maximum atomic E-state index is 6.15. The fraction of sp³-hybridized carbons (Fsp3) is 0.355. The minimum atomic E-state index is 0.292. The van der Waals surface area contributed by atoms with E-state index in [-0.39, 0.29) is 0 Å². The average Bonchev–Trinajstić information content (AvgIpc) is 3.33. The predicted octanol–water partition coefficient (Wildman–Crippen LogP) is 5.07. The molecule has 0 amide bonds. The number of ether oxygens (including phenoxy) is 2. The maximum Gasteiger partial charge on any atom is 0.221 e. The molecular weight excluding hydrogens is 516 g/mol. The van der Waals surface area contributed by atoms with E-state index in [2.05, 4.69) is 52.0 Å². The second kappa shape index (κ2) is 11.2. The average molecular weight is 553 g/mol. The molecule has 212 valence electrons. The first-order chi connectivity index (χ1) is 19.9. The number of benzene rings is 1. The van der Waals surface area contributed by atoms with Crippen molar-refractivity contribution in [1.82, 2.24) is 24.4 Å². The molecule has 10 heteroatoms. The van der Waals surface area contributed by atoms with Crippen molar-refractivity contribution in [3.8, 4) is 17.4 Å². The van der Waals surface area contributed by atoms with Crippen molar-refractivity contribution in [3.63, 3.8) is 0 Å². The van der Waals surface area contributed by atoms with Crippen LogP contribution in [0.4, 0.5) is 11.5 Å². The fourth-order valence-corrected chi connectivity index (χ4v) is 5.29. The van der Waals surface area contributed by atoms with Crippen molar-refractivity contribution in [1.29, 1.82) is 0 Å². The Hall–Kier alpha value is -4.44. The van der Waals surface area contributed by atoms with Crippen molar-refractivity contribution in [2.75, 3.05) is 43.5 Å². The molecule has 1 aromatic carbocycles. The zero-order chi connectivity index (χ0) is 28.5. The molecule has 1 unspecified atom stereocenters. The van der Waals surface area contributed by atoms with Crippen LogP contribution in [0, 0.1) is 13.8 Å². The lowest BCUT2D eigenvalue weighted by atomic mass is 10.1. The number of hydrogen-bond donors (Lipinski definition) is 1. The molecule has 1 N–H and O–H groups in total. The minimum Gasteiger partial charge on any atom is -0.487 e. The van der Waals surface area contributed by atoms with Crippen molar-refractivity contribution >= 4 is 28.4 Å². The highest BCUT2D eigenvalue weighted by Gasteiger charge is 2.33. The molecule has 0 radical (unpaired) electrons. The number of hydrogen-bond acceptors (Lipinski definition) is 8. The number of piperazine rings is 1. The van der Waals surface area contributed by atoms with Gasteiger partial charge in [0.15, 0.2) is 17.4 Å². The summed E-state index contributed by atoms with van der Waals surface area (Å²) < 4.78 is 14.2. The number of aromatic nitrogens is 4. The van der Waals surface area contributed by atoms with E-state index in [1.54, 1.807) is 12.5 Å². The van der Waals surface area contributed by atoms with Crippen LogP contribution in [0.25, 0.3) is 11.0 Å². The van der Waals surface area contributed by atoms with Crippen LogP contribution < -0.4 is 19.7 Å². The van der Waals surface area contributed by atoms with Crippen LogP contribution in [0.2, 0.25) is 0 Å². The molecule has 1 saturated heterocycles. The van der Waals surface area contributed by atoms with Crippen LogP contribution in [0.3, 0.4) is 0 Å². The third-order valence-electron chi connectivity index (χ3n) is 7.56. The molecular formula is C31H36N8O2. The number of pyridine rings is 2. The molecule has 3 aromatic heterocycles. The summed E-state index contributed by atoms with van der Waals surface area (Å²) in [6.45, 7) is 9.71. The van der Waals surface area contributed by atoms with E-state index in [1.165, 1.54) is 0 Å². The van der Waals surface area contributed by atoms with E-state index < -0.39 is 0 Å². The number of imidazole rings is 1. The number of amidine groups is 1. The van der Waals surface area contributed by atoms with E-state index in [9.17, 15) is 0 Å². The van der Waals surface area contributed by atoms with Gasteiger partial charge in [0.25, 0.3) is 0 Å². The second-order valence-electron chi connectivity index (χ2n) is 10.7. The number of allylic oxidation sites excluding steroid dienone is 1. The van der Waals surface area contributed by atoms with Crippen LogP contribution in [0.1, 0.15) is 30.2 Å². The molecule has 0 bridgehead atoms. The van der Waals surface area contributed by atoms with E-state index in [4.69, 9.17) is 19.5 Å². The van der Waals surface area contributed by atoms with Crippen molar-refractivity contribution in [3.05, 3.63) is 72.0 Å². The molecule has 2 aliphatic heterocycles. The summed E-state index contributed by atoms with van der Waals surface area (Å²) in [6.07, 6.45) is 8.31. The van der Waals surface area contributed by atoms with Gasteiger partial charge in [-0.25, -0.2) is 19.9 Å². The van der Waals surface area contributed by atoms with Gasteiger partial charge < -0.3 is 29.2 Å². The monoisotopic (exact) mass is 552 g/mol. The molecule has 41 heavy (non-hydrogen) atoms. The molecule has 1 atom stereocenters. The van der Waals surface area contributed by atoms with Crippen LogP contribution in [-0.2, 0) is 7.05 Å². The quantitative estimate of drug-likeness (QED) is 0.262. The van der Waals surface area contributed by atoms with Gasteiger partial charge in [-0.05, 0) is 62.7 Å². The van der Waals surface area contributed by atoms with Gasteiger partial charge in [-0.2, -0.15) is 0 Å². The van der Waals surface area contributed by atoms with E-state index in [0.29, 0.717) is 24.4 Å². The van der Waals surface area contributed by atoms with E-state index >= 15 is 0 Å². The van der Waals surface area contributed by atoms with Gasteiger partial charge in [0.2, 0.25) is 5.88 Å². The highest BCUT2D eigenvalue weighted by atomic mass is 16.5. The number of rotatable bonds is 6. The molecule has 1 fully saturated rings. The zero-order valence-electron chi connectivity index (χ0n) is 24.3. The molecule has 6 rings (SSSR count).